The van der Waals surface area contributed by atoms with E-state index in [4.69, 9.17) is 9.47 Å². The lowest BCUT2D eigenvalue weighted by atomic mass is 9.83. The molecule has 4 rings (SSSR count). The van der Waals surface area contributed by atoms with Crippen LogP contribution in [0.25, 0.3) is 5.57 Å². The summed E-state index contributed by atoms with van der Waals surface area (Å²) in [5.41, 5.74) is 2.02. The molecule has 2 aromatic rings. The van der Waals surface area contributed by atoms with Crippen molar-refractivity contribution in [3.05, 3.63) is 64.1 Å². The summed E-state index contributed by atoms with van der Waals surface area (Å²) >= 11 is 3.39. The quantitative estimate of drug-likeness (QED) is 0.566. The Morgan fingerprint density at radius 3 is 2.19 bits per heavy atom. The third-order valence-corrected chi connectivity index (χ3v) is 6.25. The van der Waals surface area contributed by atoms with E-state index >= 15 is 0 Å². The molecular formula is C24H25BrN2O5. The fourth-order valence-electron chi connectivity index (χ4n) is 4.23. The molecule has 1 saturated heterocycles. The van der Waals surface area contributed by atoms with E-state index in [9.17, 15) is 14.7 Å². The van der Waals surface area contributed by atoms with Crippen LogP contribution in [0, 0.1) is 0 Å². The highest BCUT2D eigenvalue weighted by molar-refractivity contribution is 9.10. The lowest BCUT2D eigenvalue weighted by Crippen LogP contribution is -2.61. The van der Waals surface area contributed by atoms with Crippen LogP contribution in [0.2, 0.25) is 0 Å². The molecule has 0 aliphatic carbocycles. The molecule has 2 heterocycles. The molecule has 2 aliphatic rings. The second kappa shape index (κ2) is 9.75. The molecule has 32 heavy (non-hydrogen) atoms. The first kappa shape index (κ1) is 22.4. The van der Waals surface area contributed by atoms with Gasteiger partial charge in [-0.2, -0.15) is 0 Å². The Labute approximate surface area is 195 Å². The van der Waals surface area contributed by atoms with Crippen molar-refractivity contribution in [1.29, 1.82) is 0 Å². The van der Waals surface area contributed by atoms with Crippen LogP contribution >= 0.6 is 15.9 Å². The average Bonchev–Trinajstić information content (AvgIpc) is 2.77. The van der Waals surface area contributed by atoms with Crippen LogP contribution < -0.4 is 14.8 Å². The van der Waals surface area contributed by atoms with Crippen LogP contribution in [0.15, 0.2) is 58.6 Å². The van der Waals surface area contributed by atoms with Gasteiger partial charge in [0, 0.05) is 30.5 Å². The Bertz CT molecular complexity index is 1020. The summed E-state index contributed by atoms with van der Waals surface area (Å²) in [4.78, 5) is 25.6. The predicted octanol–water partition coefficient (Wildman–Crippen LogP) is 3.34. The summed E-state index contributed by atoms with van der Waals surface area (Å²) in [6, 6.07) is 14.8. The lowest BCUT2D eigenvalue weighted by Gasteiger charge is -2.43. The maximum Gasteiger partial charge on any atom is 0.333 e. The summed E-state index contributed by atoms with van der Waals surface area (Å²) in [7, 11) is 0. The zero-order valence-corrected chi connectivity index (χ0v) is 19.3. The van der Waals surface area contributed by atoms with Gasteiger partial charge in [-0.25, -0.2) is 4.79 Å². The first-order valence-electron chi connectivity index (χ1n) is 10.5. The number of rotatable bonds is 7. The molecule has 2 atom stereocenters. The number of ether oxygens (including phenoxy) is 2. The first-order valence-corrected chi connectivity index (χ1v) is 11.3. The molecule has 2 unspecified atom stereocenters. The molecule has 0 spiro atoms. The number of amides is 1. The zero-order valence-electron chi connectivity index (χ0n) is 17.7. The van der Waals surface area contributed by atoms with Gasteiger partial charge in [0.1, 0.15) is 24.7 Å². The maximum absolute atomic E-state index is 12.0. The number of fused-ring (bicyclic) bond motifs is 2. The zero-order chi connectivity index (χ0) is 22.7. The SMILES string of the molecule is CC(=O)N1CC2CC(c3ccc(OCCOc4ccc(Br)cc4)cc3)=C(C(=O)O)C(C1)N2. The fraction of sp³-hybridized carbons (Fsp3) is 0.333. The van der Waals surface area contributed by atoms with E-state index in [0.717, 1.165) is 21.4 Å². The topological polar surface area (TPSA) is 88.1 Å². The van der Waals surface area contributed by atoms with Gasteiger partial charge in [0.05, 0.1) is 11.6 Å². The minimum atomic E-state index is -0.952. The van der Waals surface area contributed by atoms with E-state index in [1.54, 1.807) is 4.90 Å². The molecule has 168 valence electrons. The number of aliphatic carboxylic acids is 1. The van der Waals surface area contributed by atoms with E-state index in [2.05, 4.69) is 21.2 Å². The minimum absolute atomic E-state index is 0.0275. The molecule has 1 amide bonds. The number of carboxylic acid groups (broad SMARTS) is 1. The van der Waals surface area contributed by atoms with Crippen LogP contribution in [0.1, 0.15) is 18.9 Å². The minimum Gasteiger partial charge on any atom is -0.490 e. The van der Waals surface area contributed by atoms with Crippen molar-refractivity contribution in [3.8, 4) is 11.5 Å². The van der Waals surface area contributed by atoms with Crippen LogP contribution in [0.4, 0.5) is 0 Å². The molecule has 2 aliphatic heterocycles. The van der Waals surface area contributed by atoms with Crippen molar-refractivity contribution < 1.29 is 24.2 Å². The number of carboxylic acids is 1. The van der Waals surface area contributed by atoms with Gasteiger partial charge in [0.2, 0.25) is 5.91 Å². The molecule has 1 fully saturated rings. The standard InChI is InChI=1S/C24H25BrN2O5/c1-15(28)27-13-18-12-21(23(24(29)30)22(14-27)26-18)16-2-6-19(7-3-16)31-10-11-32-20-8-4-17(25)5-9-20/h2-9,18,22,26H,10-14H2,1H3,(H,29,30). The Balaban J connectivity index is 1.41. The highest BCUT2D eigenvalue weighted by atomic mass is 79.9. The number of carbonyl (C=O) groups is 2. The Kier molecular flexibility index (Phi) is 6.81. The molecule has 8 heteroatoms. The number of carbonyl (C=O) groups excluding carboxylic acids is 1. The Hall–Kier alpha value is -2.84. The second-order valence-corrected chi connectivity index (χ2v) is 8.83. The van der Waals surface area contributed by atoms with Gasteiger partial charge in [-0.15, -0.1) is 0 Å². The van der Waals surface area contributed by atoms with Gasteiger partial charge in [-0.05, 0) is 54.0 Å². The molecule has 0 radical (unpaired) electrons. The van der Waals surface area contributed by atoms with Crippen LogP contribution in [-0.4, -0.2) is 60.3 Å². The third-order valence-electron chi connectivity index (χ3n) is 5.72. The van der Waals surface area contributed by atoms with Crippen molar-refractivity contribution in [3.63, 3.8) is 0 Å². The fourth-order valence-corrected chi connectivity index (χ4v) is 4.49. The summed E-state index contributed by atoms with van der Waals surface area (Å²) in [6.07, 6.45) is 0.559. The van der Waals surface area contributed by atoms with Crippen molar-refractivity contribution in [1.82, 2.24) is 10.2 Å². The van der Waals surface area contributed by atoms with Gasteiger partial charge >= 0.3 is 5.97 Å². The van der Waals surface area contributed by atoms with Crippen molar-refractivity contribution >= 4 is 33.4 Å². The summed E-state index contributed by atoms with van der Waals surface area (Å²) < 4.78 is 12.4. The normalized spacial score (nSPS) is 20.1. The first-order chi connectivity index (χ1) is 15.4. The van der Waals surface area contributed by atoms with Crippen LogP contribution in [0.3, 0.4) is 0 Å². The predicted molar refractivity (Wildman–Crippen MR) is 124 cm³/mol. The number of hydrogen-bond acceptors (Lipinski definition) is 5. The van der Waals surface area contributed by atoms with Gasteiger partial charge < -0.3 is 24.8 Å². The molecule has 7 nitrogen and oxygen atoms in total. The van der Waals surface area contributed by atoms with Crippen LogP contribution in [-0.2, 0) is 9.59 Å². The van der Waals surface area contributed by atoms with E-state index in [1.165, 1.54) is 6.92 Å². The molecule has 0 aromatic heterocycles. The number of hydrogen-bond donors (Lipinski definition) is 2. The second-order valence-electron chi connectivity index (χ2n) is 7.92. The van der Waals surface area contributed by atoms with E-state index in [1.807, 2.05) is 48.5 Å². The van der Waals surface area contributed by atoms with Crippen molar-refractivity contribution in [2.45, 2.75) is 25.4 Å². The van der Waals surface area contributed by atoms with E-state index in [-0.39, 0.29) is 18.0 Å². The molecular weight excluding hydrogens is 476 g/mol. The lowest BCUT2D eigenvalue weighted by molar-refractivity contribution is -0.135. The monoisotopic (exact) mass is 500 g/mol. The highest BCUT2D eigenvalue weighted by Crippen LogP contribution is 2.33. The third kappa shape index (κ3) is 5.14. The Morgan fingerprint density at radius 2 is 1.62 bits per heavy atom. The average molecular weight is 501 g/mol. The molecule has 2 N–H and O–H groups in total. The van der Waals surface area contributed by atoms with E-state index in [0.29, 0.717) is 44.0 Å². The van der Waals surface area contributed by atoms with Crippen molar-refractivity contribution in [2.24, 2.45) is 0 Å². The number of halogens is 1. The van der Waals surface area contributed by atoms with Gasteiger partial charge in [0.25, 0.3) is 0 Å². The van der Waals surface area contributed by atoms with Crippen LogP contribution in [0.5, 0.6) is 11.5 Å². The van der Waals surface area contributed by atoms with Crippen molar-refractivity contribution in [2.75, 3.05) is 26.3 Å². The largest absolute Gasteiger partial charge is 0.490 e. The van der Waals surface area contributed by atoms with Gasteiger partial charge in [-0.1, -0.05) is 28.1 Å². The highest BCUT2D eigenvalue weighted by Gasteiger charge is 2.38. The van der Waals surface area contributed by atoms with Gasteiger partial charge in [-0.3, -0.25) is 4.79 Å². The Morgan fingerprint density at radius 1 is 1.03 bits per heavy atom. The maximum atomic E-state index is 12.0. The summed E-state index contributed by atoms with van der Waals surface area (Å²) in [6.45, 7) is 3.29. The number of piperazine rings is 1. The molecule has 0 saturated carbocycles. The summed E-state index contributed by atoms with van der Waals surface area (Å²) in [5, 5.41) is 13.2. The number of nitrogens with zero attached hydrogens (tertiary/aromatic N) is 1. The summed E-state index contributed by atoms with van der Waals surface area (Å²) in [5.74, 6) is 0.495. The number of nitrogens with one attached hydrogen (secondary N) is 1. The molecule has 2 aromatic carbocycles. The molecule has 2 bridgehead atoms. The number of benzene rings is 2. The smallest absolute Gasteiger partial charge is 0.333 e. The van der Waals surface area contributed by atoms with E-state index < -0.39 is 5.97 Å². The van der Waals surface area contributed by atoms with Gasteiger partial charge in [0.15, 0.2) is 0 Å².